The maximum absolute atomic E-state index is 12.1. The molecule has 0 aromatic heterocycles. The quantitative estimate of drug-likeness (QED) is 0.516. The van der Waals surface area contributed by atoms with Gasteiger partial charge in [-0.25, -0.2) is 4.79 Å². The van der Waals surface area contributed by atoms with E-state index in [1.165, 1.54) is 0 Å². The molecule has 3 amide bonds. The second-order valence-corrected chi connectivity index (χ2v) is 8.76. The van der Waals surface area contributed by atoms with Crippen molar-refractivity contribution in [3.63, 3.8) is 0 Å². The minimum Gasteiger partial charge on any atom is -0.444 e. The van der Waals surface area contributed by atoms with Crippen molar-refractivity contribution in [2.45, 2.75) is 52.2 Å². The molecule has 0 heterocycles. The predicted octanol–water partition coefficient (Wildman–Crippen LogP) is 4.44. The van der Waals surface area contributed by atoms with Crippen LogP contribution >= 0.6 is 11.6 Å². The molecule has 2 rings (SSSR count). The number of carbonyl (C=O) groups excluding carboxylic acids is 3. The number of aryl methyl sites for hydroxylation is 1. The van der Waals surface area contributed by atoms with Crippen LogP contribution in [0.25, 0.3) is 0 Å². The van der Waals surface area contributed by atoms with E-state index in [0.717, 1.165) is 11.1 Å². The highest BCUT2D eigenvalue weighted by molar-refractivity contribution is 6.30. The van der Waals surface area contributed by atoms with Crippen molar-refractivity contribution >= 4 is 35.2 Å². The maximum atomic E-state index is 12.1. The van der Waals surface area contributed by atoms with Crippen LogP contribution in [-0.2, 0) is 27.3 Å². The molecule has 0 fully saturated rings. The summed E-state index contributed by atoms with van der Waals surface area (Å²) in [5.41, 5.74) is 2.05. The first-order valence-corrected chi connectivity index (χ1v) is 10.9. The first-order valence-electron chi connectivity index (χ1n) is 10.5. The van der Waals surface area contributed by atoms with E-state index >= 15 is 0 Å². The van der Waals surface area contributed by atoms with Crippen molar-refractivity contribution in [3.8, 4) is 0 Å². The van der Waals surface area contributed by atoms with Gasteiger partial charge in [0, 0.05) is 36.6 Å². The fourth-order valence-corrected chi connectivity index (χ4v) is 2.85. The van der Waals surface area contributed by atoms with Crippen LogP contribution in [0.2, 0.25) is 5.02 Å². The van der Waals surface area contributed by atoms with Gasteiger partial charge < -0.3 is 20.7 Å². The fraction of sp³-hybridized carbons (Fsp3) is 0.375. The number of amides is 3. The number of carbonyl (C=O) groups is 3. The number of benzene rings is 2. The van der Waals surface area contributed by atoms with E-state index in [0.29, 0.717) is 30.1 Å². The number of nitrogens with one attached hydrogen (secondary N) is 3. The van der Waals surface area contributed by atoms with Crippen LogP contribution < -0.4 is 16.0 Å². The molecule has 8 heteroatoms. The summed E-state index contributed by atoms with van der Waals surface area (Å²) in [5, 5.41) is 8.89. The Bertz CT molecular complexity index is 906. The van der Waals surface area contributed by atoms with Crippen LogP contribution in [0.5, 0.6) is 0 Å². The molecule has 0 aliphatic heterocycles. The number of hydrogen-bond acceptors (Lipinski definition) is 4. The highest BCUT2D eigenvalue weighted by atomic mass is 35.5. The van der Waals surface area contributed by atoms with Gasteiger partial charge in [0.2, 0.25) is 11.8 Å². The molecule has 0 atom stereocenters. The number of anilines is 1. The number of alkyl carbamates (subject to hydrolysis) is 1. The van der Waals surface area contributed by atoms with Crippen molar-refractivity contribution < 1.29 is 19.1 Å². The Labute approximate surface area is 193 Å². The Morgan fingerprint density at radius 2 is 1.47 bits per heavy atom. The molecule has 0 spiro atoms. The monoisotopic (exact) mass is 459 g/mol. The molecular weight excluding hydrogens is 430 g/mol. The predicted molar refractivity (Wildman–Crippen MR) is 126 cm³/mol. The summed E-state index contributed by atoms with van der Waals surface area (Å²) in [6.45, 7) is 5.91. The van der Waals surface area contributed by atoms with Gasteiger partial charge in [-0.15, -0.1) is 0 Å². The van der Waals surface area contributed by atoms with Crippen LogP contribution in [0.15, 0.2) is 48.5 Å². The van der Waals surface area contributed by atoms with Gasteiger partial charge in [0.05, 0.1) is 0 Å². The van der Waals surface area contributed by atoms with E-state index in [4.69, 9.17) is 16.3 Å². The van der Waals surface area contributed by atoms with Gasteiger partial charge in [-0.3, -0.25) is 9.59 Å². The van der Waals surface area contributed by atoms with Crippen molar-refractivity contribution in [3.05, 3.63) is 64.7 Å². The van der Waals surface area contributed by atoms with Gasteiger partial charge >= 0.3 is 6.09 Å². The number of rotatable bonds is 9. The van der Waals surface area contributed by atoms with Crippen molar-refractivity contribution in [2.24, 2.45) is 0 Å². The number of ether oxygens (including phenoxy) is 1. The Morgan fingerprint density at radius 1 is 0.844 bits per heavy atom. The van der Waals surface area contributed by atoms with Crippen LogP contribution in [0, 0.1) is 0 Å². The van der Waals surface area contributed by atoms with E-state index in [9.17, 15) is 14.4 Å². The third kappa shape index (κ3) is 10.3. The van der Waals surface area contributed by atoms with Crippen molar-refractivity contribution in [1.29, 1.82) is 0 Å². The first-order chi connectivity index (χ1) is 15.1. The molecule has 172 valence electrons. The smallest absolute Gasteiger partial charge is 0.407 e. The first kappa shape index (κ1) is 25.2. The molecule has 0 saturated heterocycles. The fourth-order valence-electron chi connectivity index (χ4n) is 2.72. The second-order valence-electron chi connectivity index (χ2n) is 8.33. The lowest BCUT2D eigenvalue weighted by Gasteiger charge is -2.19. The van der Waals surface area contributed by atoms with E-state index in [1.807, 2.05) is 36.4 Å². The van der Waals surface area contributed by atoms with E-state index in [2.05, 4.69) is 16.0 Å². The summed E-state index contributed by atoms with van der Waals surface area (Å²) in [4.78, 5) is 35.7. The molecule has 0 saturated carbocycles. The Hall–Kier alpha value is -3.06. The molecule has 0 aliphatic carbocycles. The summed E-state index contributed by atoms with van der Waals surface area (Å²) < 4.78 is 5.12. The molecule has 32 heavy (non-hydrogen) atoms. The zero-order valence-electron chi connectivity index (χ0n) is 18.7. The lowest BCUT2D eigenvalue weighted by Crippen LogP contribution is -2.34. The highest BCUT2D eigenvalue weighted by Gasteiger charge is 2.15. The summed E-state index contributed by atoms with van der Waals surface area (Å²) >= 11 is 5.86. The maximum Gasteiger partial charge on any atom is 0.407 e. The largest absolute Gasteiger partial charge is 0.444 e. The van der Waals surface area contributed by atoms with Crippen molar-refractivity contribution in [1.82, 2.24) is 10.6 Å². The number of halogens is 1. The standard InChI is InChI=1S/C24H30ClN3O4/c1-24(2,3)32-23(31)26-15-14-22(30)28-20-11-6-18(7-12-20)16-27-21(29)13-8-17-4-9-19(25)10-5-17/h4-7,9-12H,8,13-16H2,1-3H3,(H,26,31)(H,27,29)(H,28,30). The Balaban J connectivity index is 1.66. The topological polar surface area (TPSA) is 96.5 Å². The Kier molecular flexibility index (Phi) is 9.53. The molecule has 7 nitrogen and oxygen atoms in total. The molecule has 3 N–H and O–H groups in total. The summed E-state index contributed by atoms with van der Waals surface area (Å²) in [5.74, 6) is -0.251. The number of hydrogen-bond donors (Lipinski definition) is 3. The minimum atomic E-state index is -0.579. The zero-order valence-corrected chi connectivity index (χ0v) is 19.4. The summed E-state index contributed by atoms with van der Waals surface area (Å²) in [6, 6.07) is 14.7. The van der Waals surface area contributed by atoms with Gasteiger partial charge in [0.15, 0.2) is 0 Å². The SMILES string of the molecule is CC(C)(C)OC(=O)NCCC(=O)Nc1ccc(CNC(=O)CCc2ccc(Cl)cc2)cc1. The van der Waals surface area contributed by atoms with Gasteiger partial charge in [-0.2, -0.15) is 0 Å². The summed E-state index contributed by atoms with van der Waals surface area (Å²) in [6.07, 6.45) is 0.624. The Morgan fingerprint density at radius 3 is 2.09 bits per heavy atom. The van der Waals surface area contributed by atoms with Crippen LogP contribution in [0.1, 0.15) is 44.7 Å². The lowest BCUT2D eigenvalue weighted by atomic mass is 10.1. The highest BCUT2D eigenvalue weighted by Crippen LogP contribution is 2.12. The van der Waals surface area contributed by atoms with E-state index in [1.54, 1.807) is 32.9 Å². The molecule has 0 aliphatic rings. The zero-order chi connectivity index (χ0) is 23.6. The van der Waals surface area contributed by atoms with Crippen molar-refractivity contribution in [2.75, 3.05) is 11.9 Å². The molecule has 2 aromatic rings. The third-order valence-corrected chi connectivity index (χ3v) is 4.55. The van der Waals surface area contributed by atoms with Crippen LogP contribution in [-0.4, -0.2) is 30.1 Å². The molecular formula is C24H30ClN3O4. The van der Waals surface area contributed by atoms with Gasteiger partial charge in [-0.05, 0) is 62.6 Å². The normalized spacial score (nSPS) is 10.9. The summed E-state index contributed by atoms with van der Waals surface area (Å²) in [7, 11) is 0. The average Bonchev–Trinajstić information content (AvgIpc) is 2.71. The van der Waals surface area contributed by atoms with Crippen LogP contribution in [0.4, 0.5) is 10.5 Å². The molecule has 0 bridgehead atoms. The van der Waals surface area contributed by atoms with E-state index < -0.39 is 11.7 Å². The molecule has 2 aromatic carbocycles. The molecule has 0 radical (unpaired) electrons. The second kappa shape index (κ2) is 12.1. The van der Waals surface area contributed by atoms with E-state index in [-0.39, 0.29) is 24.8 Å². The van der Waals surface area contributed by atoms with Crippen LogP contribution in [0.3, 0.4) is 0 Å². The third-order valence-electron chi connectivity index (χ3n) is 4.30. The van der Waals surface area contributed by atoms with Gasteiger partial charge in [0.25, 0.3) is 0 Å². The van der Waals surface area contributed by atoms with Gasteiger partial charge in [0.1, 0.15) is 5.60 Å². The molecule has 0 unspecified atom stereocenters. The minimum absolute atomic E-state index is 0.0326. The lowest BCUT2D eigenvalue weighted by molar-refractivity contribution is -0.121. The average molecular weight is 460 g/mol. The van der Waals surface area contributed by atoms with Gasteiger partial charge in [-0.1, -0.05) is 35.9 Å².